The summed E-state index contributed by atoms with van der Waals surface area (Å²) in [6.07, 6.45) is -0.811. The minimum absolute atomic E-state index is 0.0502. The second kappa shape index (κ2) is 8.27. The molecule has 0 radical (unpaired) electrons. The molecule has 0 aromatic heterocycles. The van der Waals surface area contributed by atoms with Gasteiger partial charge in [0.1, 0.15) is 17.1 Å². The SMILES string of the molecule is C[C@@H](C#N)OC(=O)[C@@H](C)SCC(=O)Nc1ccc(F)cc1. The Morgan fingerprint density at radius 1 is 1.38 bits per heavy atom. The molecule has 0 fully saturated rings. The van der Waals surface area contributed by atoms with E-state index < -0.39 is 17.3 Å². The van der Waals surface area contributed by atoms with Crippen LogP contribution in [-0.2, 0) is 14.3 Å². The van der Waals surface area contributed by atoms with Crippen molar-refractivity contribution in [2.24, 2.45) is 0 Å². The standard InChI is InChI=1S/C14H15FN2O3S/c1-9(7-16)20-14(19)10(2)21-8-13(18)17-12-5-3-11(15)4-6-12/h3-6,9-10H,8H2,1-2H3,(H,17,18)/t9-,10+/m0/s1. The largest absolute Gasteiger partial charge is 0.446 e. The van der Waals surface area contributed by atoms with Crippen LogP contribution in [0.1, 0.15) is 13.8 Å². The van der Waals surface area contributed by atoms with Crippen LogP contribution in [0.25, 0.3) is 0 Å². The fraction of sp³-hybridized carbons (Fsp3) is 0.357. The van der Waals surface area contributed by atoms with Gasteiger partial charge >= 0.3 is 5.97 Å². The minimum Gasteiger partial charge on any atom is -0.446 e. The summed E-state index contributed by atoms with van der Waals surface area (Å²) in [6, 6.07) is 7.17. The van der Waals surface area contributed by atoms with Gasteiger partial charge in [0.25, 0.3) is 0 Å². The van der Waals surface area contributed by atoms with Crippen LogP contribution < -0.4 is 5.32 Å². The lowest BCUT2D eigenvalue weighted by atomic mass is 10.3. The molecule has 1 aromatic carbocycles. The average Bonchev–Trinajstić information content (AvgIpc) is 2.46. The maximum absolute atomic E-state index is 12.7. The molecule has 5 nitrogen and oxygen atoms in total. The monoisotopic (exact) mass is 310 g/mol. The number of anilines is 1. The van der Waals surface area contributed by atoms with Crippen molar-refractivity contribution in [1.29, 1.82) is 5.26 Å². The lowest BCUT2D eigenvalue weighted by Gasteiger charge is -2.12. The summed E-state index contributed by atoms with van der Waals surface area (Å²) in [5, 5.41) is 10.6. The first-order chi connectivity index (χ1) is 9.92. The molecule has 0 aliphatic heterocycles. The summed E-state index contributed by atoms with van der Waals surface area (Å²) in [5.74, 6) is -1.18. The Labute approximate surface area is 126 Å². The van der Waals surface area contributed by atoms with E-state index in [0.29, 0.717) is 5.69 Å². The summed E-state index contributed by atoms with van der Waals surface area (Å²) >= 11 is 1.10. The van der Waals surface area contributed by atoms with E-state index in [1.807, 2.05) is 0 Å². The number of nitrogens with zero attached hydrogens (tertiary/aromatic N) is 1. The maximum Gasteiger partial charge on any atom is 0.320 e. The molecular formula is C14H15FN2O3S. The highest BCUT2D eigenvalue weighted by atomic mass is 32.2. The van der Waals surface area contributed by atoms with Gasteiger partial charge in [-0.3, -0.25) is 9.59 Å². The molecule has 0 saturated heterocycles. The second-order valence-electron chi connectivity index (χ2n) is 4.22. The van der Waals surface area contributed by atoms with Gasteiger partial charge in [0.2, 0.25) is 5.91 Å². The Morgan fingerprint density at radius 2 is 2.00 bits per heavy atom. The smallest absolute Gasteiger partial charge is 0.320 e. The zero-order valence-corrected chi connectivity index (χ0v) is 12.4. The molecule has 1 amide bonds. The molecule has 0 heterocycles. The van der Waals surface area contributed by atoms with Crippen molar-refractivity contribution in [3.05, 3.63) is 30.1 Å². The number of hydrogen-bond acceptors (Lipinski definition) is 5. The molecule has 21 heavy (non-hydrogen) atoms. The van der Waals surface area contributed by atoms with E-state index in [-0.39, 0.29) is 17.5 Å². The van der Waals surface area contributed by atoms with Crippen LogP contribution in [0.5, 0.6) is 0 Å². The van der Waals surface area contributed by atoms with Crippen molar-refractivity contribution in [3.8, 4) is 6.07 Å². The Hall–Kier alpha value is -2.07. The van der Waals surface area contributed by atoms with Gasteiger partial charge < -0.3 is 10.1 Å². The molecule has 0 unspecified atom stereocenters. The van der Waals surface area contributed by atoms with Gasteiger partial charge in [-0.25, -0.2) is 4.39 Å². The number of rotatable bonds is 6. The van der Waals surface area contributed by atoms with E-state index in [4.69, 9.17) is 10.00 Å². The van der Waals surface area contributed by atoms with E-state index in [1.165, 1.54) is 31.2 Å². The number of nitriles is 1. The zero-order chi connectivity index (χ0) is 15.8. The third kappa shape index (κ3) is 6.27. The zero-order valence-electron chi connectivity index (χ0n) is 11.6. The number of benzene rings is 1. The summed E-state index contributed by atoms with van der Waals surface area (Å²) in [5.41, 5.74) is 0.482. The number of thioether (sulfide) groups is 1. The van der Waals surface area contributed by atoms with E-state index in [2.05, 4.69) is 5.32 Å². The Bertz CT molecular complexity index is 542. The van der Waals surface area contributed by atoms with Gasteiger partial charge in [0.15, 0.2) is 6.10 Å². The van der Waals surface area contributed by atoms with E-state index in [1.54, 1.807) is 13.0 Å². The molecule has 0 saturated carbocycles. The lowest BCUT2D eigenvalue weighted by Crippen LogP contribution is -2.24. The van der Waals surface area contributed by atoms with Crippen molar-refractivity contribution < 1.29 is 18.7 Å². The quantitative estimate of drug-likeness (QED) is 0.816. The topological polar surface area (TPSA) is 79.2 Å². The number of carbonyl (C=O) groups is 2. The molecule has 2 atom stereocenters. The number of carbonyl (C=O) groups excluding carboxylic acids is 2. The molecule has 0 aliphatic rings. The third-order valence-corrected chi connectivity index (χ3v) is 3.52. The van der Waals surface area contributed by atoms with Crippen LogP contribution in [-0.4, -0.2) is 29.0 Å². The van der Waals surface area contributed by atoms with E-state index in [9.17, 15) is 14.0 Å². The summed E-state index contributed by atoms with van der Waals surface area (Å²) in [7, 11) is 0. The predicted octanol–water partition coefficient (Wildman–Crippen LogP) is 2.34. The van der Waals surface area contributed by atoms with Gasteiger partial charge in [0.05, 0.1) is 5.75 Å². The highest BCUT2D eigenvalue weighted by Gasteiger charge is 2.18. The summed E-state index contributed by atoms with van der Waals surface area (Å²) < 4.78 is 17.5. The maximum atomic E-state index is 12.7. The van der Waals surface area contributed by atoms with Gasteiger partial charge in [0, 0.05) is 5.69 Å². The average molecular weight is 310 g/mol. The highest BCUT2D eigenvalue weighted by molar-refractivity contribution is 8.01. The Balaban J connectivity index is 2.37. The normalized spacial score (nSPS) is 12.9. The van der Waals surface area contributed by atoms with Crippen LogP contribution in [0.2, 0.25) is 0 Å². The molecule has 1 N–H and O–H groups in total. The predicted molar refractivity (Wildman–Crippen MR) is 78.1 cm³/mol. The van der Waals surface area contributed by atoms with Crippen LogP contribution in [0.15, 0.2) is 24.3 Å². The Kier molecular flexibility index (Phi) is 6.69. The highest BCUT2D eigenvalue weighted by Crippen LogP contribution is 2.14. The summed E-state index contributed by atoms with van der Waals surface area (Å²) in [4.78, 5) is 23.2. The Morgan fingerprint density at radius 3 is 2.57 bits per heavy atom. The number of hydrogen-bond donors (Lipinski definition) is 1. The molecule has 7 heteroatoms. The van der Waals surface area contributed by atoms with Gasteiger partial charge in [-0.15, -0.1) is 11.8 Å². The lowest BCUT2D eigenvalue weighted by molar-refractivity contribution is -0.144. The van der Waals surface area contributed by atoms with Crippen LogP contribution in [0, 0.1) is 17.1 Å². The number of halogens is 1. The molecule has 112 valence electrons. The summed E-state index contributed by atoms with van der Waals surface area (Å²) in [6.45, 7) is 3.07. The van der Waals surface area contributed by atoms with Gasteiger partial charge in [-0.05, 0) is 38.1 Å². The second-order valence-corrected chi connectivity index (χ2v) is 5.55. The van der Waals surface area contributed by atoms with Crippen LogP contribution >= 0.6 is 11.8 Å². The molecule has 0 spiro atoms. The number of amides is 1. The van der Waals surface area contributed by atoms with Crippen molar-refractivity contribution in [3.63, 3.8) is 0 Å². The first-order valence-electron chi connectivity index (χ1n) is 6.19. The van der Waals surface area contributed by atoms with Crippen LogP contribution in [0.3, 0.4) is 0 Å². The molecular weight excluding hydrogens is 295 g/mol. The van der Waals surface area contributed by atoms with E-state index >= 15 is 0 Å². The molecule has 0 bridgehead atoms. The first kappa shape index (κ1) is 17.0. The van der Waals surface area contributed by atoms with Gasteiger partial charge in [-0.2, -0.15) is 5.26 Å². The fourth-order valence-electron chi connectivity index (χ4n) is 1.30. The minimum atomic E-state index is -0.811. The molecule has 1 aromatic rings. The van der Waals surface area contributed by atoms with Gasteiger partial charge in [-0.1, -0.05) is 0 Å². The third-order valence-electron chi connectivity index (χ3n) is 2.40. The first-order valence-corrected chi connectivity index (χ1v) is 7.24. The van der Waals surface area contributed by atoms with Crippen molar-refractivity contribution >= 4 is 29.3 Å². The van der Waals surface area contributed by atoms with Crippen molar-refractivity contribution in [2.75, 3.05) is 11.1 Å². The van der Waals surface area contributed by atoms with E-state index in [0.717, 1.165) is 11.8 Å². The number of esters is 1. The fourth-order valence-corrected chi connectivity index (χ4v) is 1.96. The van der Waals surface area contributed by atoms with Crippen molar-refractivity contribution in [2.45, 2.75) is 25.2 Å². The molecule has 1 rings (SSSR count). The molecule has 0 aliphatic carbocycles. The number of ether oxygens (including phenoxy) is 1. The number of nitrogens with one attached hydrogen (secondary N) is 1. The van der Waals surface area contributed by atoms with Crippen LogP contribution in [0.4, 0.5) is 10.1 Å². The van der Waals surface area contributed by atoms with Crippen molar-refractivity contribution in [1.82, 2.24) is 0 Å².